The predicted molar refractivity (Wildman–Crippen MR) is 128 cm³/mol. The van der Waals surface area contributed by atoms with Gasteiger partial charge in [-0.25, -0.2) is 0 Å². The number of carboxylic acid groups (broad SMARTS) is 2. The van der Waals surface area contributed by atoms with E-state index in [9.17, 15) is 29.4 Å². The maximum absolute atomic E-state index is 10.2. The van der Waals surface area contributed by atoms with Crippen LogP contribution in [0, 0.1) is 0 Å². The smallest absolute Gasteiger partial charge is 0.545 e. The minimum Gasteiger partial charge on any atom is -0.545 e. The van der Waals surface area contributed by atoms with Crippen molar-refractivity contribution in [2.24, 2.45) is 0 Å². The average Bonchev–Trinajstić information content (AvgIpc) is 2.90. The van der Waals surface area contributed by atoms with Crippen LogP contribution in [-0.2, 0) is 32.8 Å². The number of nitrogens with zero attached hydrogens (tertiary/aromatic N) is 2. The van der Waals surface area contributed by atoms with Crippen LogP contribution in [0.1, 0.15) is 41.4 Å². The van der Waals surface area contributed by atoms with Crippen molar-refractivity contribution in [1.29, 1.82) is 0 Å². The number of carboxylic acids is 2. The van der Waals surface area contributed by atoms with Crippen LogP contribution in [-0.4, -0.2) is 40.0 Å². The van der Waals surface area contributed by atoms with Gasteiger partial charge in [0.1, 0.15) is 12.6 Å². The van der Waals surface area contributed by atoms with Crippen molar-refractivity contribution < 1.29 is 67.6 Å². The van der Waals surface area contributed by atoms with Crippen LogP contribution in [0.25, 0.3) is 11.4 Å². The Labute approximate surface area is 232 Å². The van der Waals surface area contributed by atoms with Gasteiger partial charge in [-0.05, 0) is 35.4 Å². The van der Waals surface area contributed by atoms with E-state index < -0.39 is 11.9 Å². The first-order chi connectivity index (χ1) is 16.4. The number of carbonyl (C=O) groups is 4. The number of benzene rings is 2. The van der Waals surface area contributed by atoms with E-state index in [1.807, 2.05) is 36.4 Å². The summed E-state index contributed by atoms with van der Waals surface area (Å²) in [4.78, 5) is 49.0. The van der Waals surface area contributed by atoms with Gasteiger partial charge >= 0.3 is 27.3 Å². The SMILES string of the molecule is O.O=Cc1ccc(C(=O)[O-])cc1.O=Cc1ccc(C(=O)[O-])cc1.[Cd+2].[OH3+].c1ccc(-c2ccccn2)nc1. The summed E-state index contributed by atoms with van der Waals surface area (Å²) in [7, 11) is 0. The van der Waals surface area contributed by atoms with Crippen LogP contribution in [0.2, 0.25) is 0 Å². The van der Waals surface area contributed by atoms with Crippen molar-refractivity contribution in [3.05, 3.63) is 120 Å². The number of aromatic carboxylic acids is 2. The summed E-state index contributed by atoms with van der Waals surface area (Å²) in [6, 6.07) is 22.6. The molecule has 0 atom stereocenters. The summed E-state index contributed by atoms with van der Waals surface area (Å²) in [5.41, 5.74) is 2.90. The number of aromatic nitrogens is 2. The van der Waals surface area contributed by atoms with E-state index in [4.69, 9.17) is 0 Å². The molecule has 0 spiro atoms. The second-order valence-corrected chi connectivity index (χ2v) is 6.48. The van der Waals surface area contributed by atoms with Gasteiger partial charge in [0.05, 0.1) is 23.3 Å². The summed E-state index contributed by atoms with van der Waals surface area (Å²) in [6.45, 7) is 0. The second kappa shape index (κ2) is 19.1. The molecule has 37 heavy (non-hydrogen) atoms. The normalized spacial score (nSPS) is 8.54. The Kier molecular flexibility index (Phi) is 18.1. The van der Waals surface area contributed by atoms with Crippen molar-refractivity contribution in [1.82, 2.24) is 9.97 Å². The molecule has 0 saturated heterocycles. The average molecular weight is 604 g/mol. The fourth-order valence-electron chi connectivity index (χ4n) is 2.42. The maximum Gasteiger partial charge on any atom is 2.00 e. The van der Waals surface area contributed by atoms with Gasteiger partial charge in [-0.2, -0.15) is 0 Å². The standard InChI is InChI=1S/C10H8N2.2C8H6O3.Cd.2H2O/c1-3-7-11-9(5-1)10-6-2-4-8-12-10;2*9-5-6-1-3-7(4-2-6)8(10)11;;;/h1-8H;2*1-5H,(H,10,11);;2*1H2/q;;;+2;;/p-1. The van der Waals surface area contributed by atoms with E-state index in [0.29, 0.717) is 23.7 Å². The third-order valence-corrected chi connectivity index (χ3v) is 4.16. The van der Waals surface area contributed by atoms with Gasteiger partial charge in [0.2, 0.25) is 0 Å². The molecule has 4 aromatic rings. The molecule has 0 amide bonds. The number of pyridine rings is 2. The van der Waals surface area contributed by atoms with Crippen molar-refractivity contribution in [2.45, 2.75) is 0 Å². The number of rotatable bonds is 5. The van der Waals surface area contributed by atoms with Gasteiger partial charge in [-0.3, -0.25) is 19.6 Å². The molecule has 0 radical (unpaired) electrons. The van der Waals surface area contributed by atoms with E-state index in [1.54, 1.807) is 12.4 Å². The molecule has 5 N–H and O–H groups in total. The minimum absolute atomic E-state index is 0. The summed E-state index contributed by atoms with van der Waals surface area (Å²) >= 11 is 0. The first-order valence-electron chi connectivity index (χ1n) is 9.80. The Morgan fingerprint density at radius 3 is 1.14 bits per heavy atom. The van der Waals surface area contributed by atoms with Crippen molar-refractivity contribution in [3.8, 4) is 11.4 Å². The van der Waals surface area contributed by atoms with Crippen molar-refractivity contribution in [2.75, 3.05) is 0 Å². The number of hydrogen-bond donors (Lipinski definition) is 0. The fourth-order valence-corrected chi connectivity index (χ4v) is 2.42. The topological polar surface area (TPSA) is 205 Å². The first-order valence-corrected chi connectivity index (χ1v) is 9.80. The monoisotopic (exact) mass is 605 g/mol. The zero-order valence-corrected chi connectivity index (χ0v) is 23.6. The predicted octanol–water partition coefficient (Wildman–Crippen LogP) is 0.120. The summed E-state index contributed by atoms with van der Waals surface area (Å²) in [5, 5.41) is 20.4. The van der Waals surface area contributed by atoms with Crippen LogP contribution >= 0.6 is 0 Å². The number of carbonyl (C=O) groups excluding carboxylic acids is 4. The largest absolute Gasteiger partial charge is 2.00 e. The summed E-state index contributed by atoms with van der Waals surface area (Å²) in [6.07, 6.45) is 4.84. The molecule has 0 fully saturated rings. The molecule has 11 heteroatoms. The van der Waals surface area contributed by atoms with Crippen molar-refractivity contribution >= 4 is 24.5 Å². The summed E-state index contributed by atoms with van der Waals surface area (Å²) < 4.78 is 0. The molecular formula is C26H23CdN2O8+. The molecule has 0 saturated carbocycles. The molecule has 10 nitrogen and oxygen atoms in total. The quantitative estimate of drug-likeness (QED) is 0.173. The van der Waals surface area contributed by atoms with Gasteiger partial charge in [-0.1, -0.05) is 60.7 Å². The van der Waals surface area contributed by atoms with Gasteiger partial charge < -0.3 is 30.8 Å². The van der Waals surface area contributed by atoms with Crippen molar-refractivity contribution in [3.63, 3.8) is 0 Å². The molecule has 4 rings (SSSR count). The Morgan fingerprint density at radius 2 is 0.919 bits per heavy atom. The Morgan fingerprint density at radius 1 is 0.595 bits per heavy atom. The Bertz CT molecular complexity index is 1120. The molecular weight excluding hydrogens is 581 g/mol. The van der Waals surface area contributed by atoms with E-state index in [2.05, 4.69) is 9.97 Å². The molecule has 0 aliphatic heterocycles. The van der Waals surface area contributed by atoms with Gasteiger partial charge in [0.15, 0.2) is 0 Å². The Balaban J connectivity index is 0. The molecule has 0 bridgehead atoms. The second-order valence-electron chi connectivity index (χ2n) is 6.48. The van der Waals surface area contributed by atoms with Gasteiger partial charge in [0, 0.05) is 23.5 Å². The third kappa shape index (κ3) is 12.4. The zero-order chi connectivity index (χ0) is 24.8. The van der Waals surface area contributed by atoms with E-state index >= 15 is 0 Å². The molecule has 0 aliphatic rings. The molecule has 0 unspecified atom stereocenters. The molecule has 186 valence electrons. The molecule has 0 aliphatic carbocycles. The van der Waals surface area contributed by atoms with Gasteiger partial charge in [-0.15, -0.1) is 0 Å². The maximum atomic E-state index is 10.2. The van der Waals surface area contributed by atoms with E-state index in [-0.39, 0.29) is 49.4 Å². The number of hydrogen-bond acceptors (Lipinski definition) is 8. The third-order valence-electron chi connectivity index (χ3n) is 4.16. The molecule has 2 heterocycles. The first kappa shape index (κ1) is 35.0. The van der Waals surface area contributed by atoms with Crippen LogP contribution in [0.15, 0.2) is 97.3 Å². The molecule has 2 aromatic heterocycles. The Hall–Kier alpha value is -4.14. The van der Waals surface area contributed by atoms with E-state index in [0.717, 1.165) is 11.4 Å². The zero-order valence-electron chi connectivity index (χ0n) is 19.5. The summed E-state index contributed by atoms with van der Waals surface area (Å²) in [5.74, 6) is -2.47. The van der Waals surface area contributed by atoms with Gasteiger partial charge in [0.25, 0.3) is 0 Å². The van der Waals surface area contributed by atoms with Crippen LogP contribution in [0.5, 0.6) is 0 Å². The van der Waals surface area contributed by atoms with Crippen LogP contribution < -0.4 is 10.2 Å². The van der Waals surface area contributed by atoms with E-state index in [1.165, 1.54) is 48.5 Å². The number of aldehydes is 2. The molecule has 2 aromatic carbocycles. The van der Waals surface area contributed by atoms with Crippen LogP contribution in [0.3, 0.4) is 0 Å². The minimum atomic E-state index is -1.23. The van der Waals surface area contributed by atoms with Crippen LogP contribution in [0.4, 0.5) is 0 Å². The fraction of sp³-hybridized carbons (Fsp3) is 0.